The van der Waals surface area contributed by atoms with E-state index >= 15 is 0 Å². The van der Waals surface area contributed by atoms with Gasteiger partial charge in [0, 0.05) is 18.6 Å². The van der Waals surface area contributed by atoms with Crippen LogP contribution in [0.5, 0.6) is 5.75 Å². The predicted octanol–water partition coefficient (Wildman–Crippen LogP) is 3.18. The van der Waals surface area contributed by atoms with Crippen LogP contribution >= 0.6 is 0 Å². The Morgan fingerprint density at radius 2 is 2.12 bits per heavy atom. The average molecular weight is 219 g/mol. The summed E-state index contributed by atoms with van der Waals surface area (Å²) in [4.78, 5) is 2.53. The molecular weight excluding hydrogens is 198 g/mol. The van der Waals surface area contributed by atoms with Crippen molar-refractivity contribution in [2.24, 2.45) is 5.92 Å². The summed E-state index contributed by atoms with van der Waals surface area (Å²) >= 11 is 0. The first-order valence-electron chi connectivity index (χ1n) is 6.12. The minimum atomic E-state index is 0.365. The first-order chi connectivity index (χ1) is 7.58. The zero-order chi connectivity index (χ0) is 11.7. The maximum absolute atomic E-state index is 9.50. The Balaban J connectivity index is 2.16. The van der Waals surface area contributed by atoms with Crippen LogP contribution in [0.25, 0.3) is 0 Å². The van der Waals surface area contributed by atoms with Gasteiger partial charge in [0.25, 0.3) is 0 Å². The number of hydrogen-bond acceptors (Lipinski definition) is 2. The topological polar surface area (TPSA) is 23.5 Å². The van der Waals surface area contributed by atoms with Crippen molar-refractivity contribution in [1.82, 2.24) is 4.90 Å². The predicted molar refractivity (Wildman–Crippen MR) is 66.5 cm³/mol. The normalized spacial score (nSPS) is 28.2. The van der Waals surface area contributed by atoms with Crippen LogP contribution in [-0.2, 0) is 0 Å². The van der Waals surface area contributed by atoms with Crippen LogP contribution in [0.2, 0.25) is 0 Å². The van der Waals surface area contributed by atoms with Crippen molar-refractivity contribution >= 4 is 0 Å². The molecule has 1 heterocycles. The van der Waals surface area contributed by atoms with Crippen molar-refractivity contribution in [2.45, 2.75) is 39.3 Å². The molecule has 1 saturated heterocycles. The standard InChI is InChI=1S/C14H21NO/c1-10-7-11(2)15(9-10)12(3)13-5-4-6-14(16)8-13/h4-6,8,10-12,16H,7,9H2,1-3H3. The third kappa shape index (κ3) is 2.22. The summed E-state index contributed by atoms with van der Waals surface area (Å²) in [5.74, 6) is 1.15. The van der Waals surface area contributed by atoms with Gasteiger partial charge in [-0.1, -0.05) is 19.1 Å². The van der Waals surface area contributed by atoms with Crippen LogP contribution in [0.4, 0.5) is 0 Å². The maximum Gasteiger partial charge on any atom is 0.115 e. The molecule has 3 atom stereocenters. The molecule has 2 nitrogen and oxygen atoms in total. The van der Waals surface area contributed by atoms with E-state index < -0.39 is 0 Å². The lowest BCUT2D eigenvalue weighted by atomic mass is 10.1. The fourth-order valence-electron chi connectivity index (χ4n) is 2.85. The van der Waals surface area contributed by atoms with Gasteiger partial charge in [-0.2, -0.15) is 0 Å². The van der Waals surface area contributed by atoms with E-state index in [1.807, 2.05) is 12.1 Å². The Morgan fingerprint density at radius 3 is 2.69 bits per heavy atom. The van der Waals surface area contributed by atoms with E-state index in [0.717, 1.165) is 12.5 Å². The Hall–Kier alpha value is -1.02. The van der Waals surface area contributed by atoms with Crippen LogP contribution in [0.15, 0.2) is 24.3 Å². The molecular formula is C14H21NO. The molecule has 0 saturated carbocycles. The molecule has 16 heavy (non-hydrogen) atoms. The first-order valence-corrected chi connectivity index (χ1v) is 6.12. The van der Waals surface area contributed by atoms with Gasteiger partial charge in [-0.25, -0.2) is 0 Å². The summed E-state index contributed by atoms with van der Waals surface area (Å²) in [5, 5.41) is 9.50. The molecule has 1 N–H and O–H groups in total. The highest BCUT2D eigenvalue weighted by molar-refractivity contribution is 5.29. The first kappa shape index (κ1) is 11.5. The van der Waals surface area contributed by atoms with Gasteiger partial charge in [0.1, 0.15) is 5.75 Å². The summed E-state index contributed by atoms with van der Waals surface area (Å²) < 4.78 is 0. The molecule has 1 fully saturated rings. The van der Waals surface area contributed by atoms with Crippen molar-refractivity contribution in [3.8, 4) is 5.75 Å². The Bertz CT molecular complexity index is 364. The Labute approximate surface area is 97.9 Å². The van der Waals surface area contributed by atoms with Gasteiger partial charge in [-0.15, -0.1) is 0 Å². The number of rotatable bonds is 2. The SMILES string of the molecule is CC1CC(C)N(C(C)c2cccc(O)c2)C1. The second kappa shape index (κ2) is 4.46. The van der Waals surface area contributed by atoms with E-state index in [1.165, 1.54) is 12.0 Å². The van der Waals surface area contributed by atoms with E-state index in [2.05, 4.69) is 31.7 Å². The van der Waals surface area contributed by atoms with Crippen LogP contribution in [0, 0.1) is 5.92 Å². The highest BCUT2D eigenvalue weighted by atomic mass is 16.3. The number of aromatic hydroxyl groups is 1. The molecule has 2 heteroatoms. The molecule has 0 radical (unpaired) electrons. The van der Waals surface area contributed by atoms with E-state index in [9.17, 15) is 5.11 Å². The third-order valence-corrected chi connectivity index (χ3v) is 3.68. The smallest absolute Gasteiger partial charge is 0.115 e. The van der Waals surface area contributed by atoms with Gasteiger partial charge < -0.3 is 5.11 Å². The number of benzene rings is 1. The largest absolute Gasteiger partial charge is 0.508 e. The fourth-order valence-corrected chi connectivity index (χ4v) is 2.85. The number of phenols is 1. The van der Waals surface area contributed by atoms with Crippen LogP contribution < -0.4 is 0 Å². The van der Waals surface area contributed by atoms with Gasteiger partial charge in [0.05, 0.1) is 0 Å². The van der Waals surface area contributed by atoms with Gasteiger partial charge >= 0.3 is 0 Å². The summed E-state index contributed by atoms with van der Waals surface area (Å²) in [5.41, 5.74) is 1.21. The summed E-state index contributed by atoms with van der Waals surface area (Å²) in [7, 11) is 0. The summed E-state index contributed by atoms with van der Waals surface area (Å²) in [6.45, 7) is 8.00. The summed E-state index contributed by atoms with van der Waals surface area (Å²) in [6.07, 6.45) is 1.28. The number of nitrogens with zero attached hydrogens (tertiary/aromatic N) is 1. The molecule has 0 spiro atoms. The fraction of sp³-hybridized carbons (Fsp3) is 0.571. The molecule has 1 aromatic carbocycles. The molecule has 1 aromatic rings. The van der Waals surface area contributed by atoms with E-state index in [4.69, 9.17) is 0 Å². The highest BCUT2D eigenvalue weighted by Gasteiger charge is 2.30. The zero-order valence-electron chi connectivity index (χ0n) is 10.4. The maximum atomic E-state index is 9.50. The lowest BCUT2D eigenvalue weighted by Crippen LogP contribution is -2.30. The van der Waals surface area contributed by atoms with Gasteiger partial charge in [-0.05, 0) is 43.9 Å². The number of hydrogen-bond donors (Lipinski definition) is 1. The highest BCUT2D eigenvalue weighted by Crippen LogP contribution is 2.32. The molecule has 0 aromatic heterocycles. The molecule has 3 unspecified atom stereocenters. The monoisotopic (exact) mass is 219 g/mol. The van der Waals surface area contributed by atoms with E-state index in [0.29, 0.717) is 17.8 Å². The van der Waals surface area contributed by atoms with Crippen molar-refractivity contribution in [1.29, 1.82) is 0 Å². The van der Waals surface area contributed by atoms with Crippen LogP contribution in [0.3, 0.4) is 0 Å². The Morgan fingerprint density at radius 1 is 1.38 bits per heavy atom. The van der Waals surface area contributed by atoms with Crippen molar-refractivity contribution in [3.05, 3.63) is 29.8 Å². The molecule has 1 aliphatic heterocycles. The molecule has 88 valence electrons. The molecule has 1 aliphatic rings. The van der Waals surface area contributed by atoms with Crippen LogP contribution in [-0.4, -0.2) is 22.6 Å². The van der Waals surface area contributed by atoms with Gasteiger partial charge in [-0.3, -0.25) is 4.90 Å². The minimum Gasteiger partial charge on any atom is -0.508 e. The van der Waals surface area contributed by atoms with Crippen molar-refractivity contribution < 1.29 is 5.11 Å². The molecule has 0 amide bonds. The lowest BCUT2D eigenvalue weighted by molar-refractivity contribution is 0.201. The third-order valence-electron chi connectivity index (χ3n) is 3.68. The molecule has 2 rings (SSSR count). The second-order valence-corrected chi connectivity index (χ2v) is 5.16. The lowest BCUT2D eigenvalue weighted by Gasteiger charge is -2.29. The average Bonchev–Trinajstić information content (AvgIpc) is 2.57. The number of likely N-dealkylation sites (tertiary alicyclic amines) is 1. The van der Waals surface area contributed by atoms with E-state index in [-0.39, 0.29) is 0 Å². The van der Waals surface area contributed by atoms with Crippen LogP contribution in [0.1, 0.15) is 38.8 Å². The summed E-state index contributed by atoms with van der Waals surface area (Å²) in [6, 6.07) is 8.66. The second-order valence-electron chi connectivity index (χ2n) is 5.16. The van der Waals surface area contributed by atoms with Gasteiger partial charge in [0.2, 0.25) is 0 Å². The van der Waals surface area contributed by atoms with Gasteiger partial charge in [0.15, 0.2) is 0 Å². The zero-order valence-corrected chi connectivity index (χ0v) is 10.4. The van der Waals surface area contributed by atoms with Crippen molar-refractivity contribution in [3.63, 3.8) is 0 Å². The quantitative estimate of drug-likeness (QED) is 0.825. The van der Waals surface area contributed by atoms with E-state index in [1.54, 1.807) is 6.07 Å². The molecule has 0 aliphatic carbocycles. The Kier molecular flexibility index (Phi) is 3.20. The molecule has 0 bridgehead atoms. The number of phenolic OH excluding ortho intramolecular Hbond substituents is 1. The minimum absolute atomic E-state index is 0.365. The van der Waals surface area contributed by atoms with Crippen molar-refractivity contribution in [2.75, 3.05) is 6.54 Å².